The van der Waals surface area contributed by atoms with Crippen molar-refractivity contribution in [2.45, 2.75) is 52.8 Å². The molecule has 1 unspecified atom stereocenters. The highest BCUT2D eigenvalue weighted by atomic mass is 16.5. The predicted molar refractivity (Wildman–Crippen MR) is 74.9 cm³/mol. The number of rotatable bonds is 7. The lowest BCUT2D eigenvalue weighted by Gasteiger charge is -2.15. The Morgan fingerprint density at radius 3 is 2.61 bits per heavy atom. The van der Waals surface area contributed by atoms with E-state index in [0.717, 1.165) is 12.3 Å². The first kappa shape index (κ1) is 15.0. The molecule has 2 N–H and O–H groups in total. The van der Waals surface area contributed by atoms with Gasteiger partial charge in [-0.15, -0.1) is 0 Å². The van der Waals surface area contributed by atoms with Crippen molar-refractivity contribution in [1.29, 1.82) is 0 Å². The van der Waals surface area contributed by atoms with Crippen molar-refractivity contribution in [2.24, 2.45) is 0 Å². The van der Waals surface area contributed by atoms with Crippen LogP contribution in [0.25, 0.3) is 0 Å². The molecule has 1 rings (SSSR count). The van der Waals surface area contributed by atoms with E-state index >= 15 is 0 Å². The lowest BCUT2D eigenvalue weighted by molar-refractivity contribution is 0.155. The third-order valence-electron chi connectivity index (χ3n) is 2.71. The second kappa shape index (κ2) is 7.39. The van der Waals surface area contributed by atoms with Crippen LogP contribution in [-0.4, -0.2) is 23.9 Å². The van der Waals surface area contributed by atoms with E-state index in [1.165, 1.54) is 11.1 Å². The van der Waals surface area contributed by atoms with Crippen LogP contribution < -0.4 is 10.1 Å². The van der Waals surface area contributed by atoms with Crippen molar-refractivity contribution >= 4 is 0 Å². The lowest BCUT2D eigenvalue weighted by atomic mass is 10.1. The molecule has 1 atom stereocenters. The first-order chi connectivity index (χ1) is 8.49. The topological polar surface area (TPSA) is 41.5 Å². The Kier molecular flexibility index (Phi) is 6.16. The molecule has 0 saturated carbocycles. The van der Waals surface area contributed by atoms with Gasteiger partial charge in [-0.3, -0.25) is 0 Å². The molecule has 0 aliphatic carbocycles. The summed E-state index contributed by atoms with van der Waals surface area (Å²) in [5, 5.41) is 12.6. The summed E-state index contributed by atoms with van der Waals surface area (Å²) in [6.45, 7) is 9.48. The minimum atomic E-state index is -0.312. The van der Waals surface area contributed by atoms with Gasteiger partial charge in [0, 0.05) is 24.6 Å². The molecular formula is C15H25NO2. The summed E-state index contributed by atoms with van der Waals surface area (Å²) in [4.78, 5) is 0. The van der Waals surface area contributed by atoms with Crippen molar-refractivity contribution in [3.05, 3.63) is 29.3 Å². The highest BCUT2D eigenvalue weighted by molar-refractivity contribution is 5.36. The SMILES string of the molecule is Cc1ccc(OCCC(C)O)c(CNC(C)C)c1. The number of aryl methyl sites for hydroxylation is 1. The fourth-order valence-corrected chi connectivity index (χ4v) is 1.64. The Balaban J connectivity index is 2.64. The first-order valence-electron chi connectivity index (χ1n) is 6.63. The summed E-state index contributed by atoms with van der Waals surface area (Å²) < 4.78 is 5.74. The van der Waals surface area contributed by atoms with Crippen LogP contribution in [0.5, 0.6) is 5.75 Å². The van der Waals surface area contributed by atoms with Gasteiger partial charge in [-0.05, 0) is 19.9 Å². The number of ether oxygens (including phenoxy) is 1. The average molecular weight is 251 g/mol. The lowest BCUT2D eigenvalue weighted by Crippen LogP contribution is -2.22. The van der Waals surface area contributed by atoms with Crippen molar-refractivity contribution < 1.29 is 9.84 Å². The van der Waals surface area contributed by atoms with Gasteiger partial charge in [0.15, 0.2) is 0 Å². The molecule has 3 heteroatoms. The summed E-state index contributed by atoms with van der Waals surface area (Å²) in [7, 11) is 0. The van der Waals surface area contributed by atoms with Crippen molar-refractivity contribution in [1.82, 2.24) is 5.32 Å². The maximum atomic E-state index is 9.23. The van der Waals surface area contributed by atoms with E-state index in [2.05, 4.69) is 38.2 Å². The van der Waals surface area contributed by atoms with Crippen LogP contribution in [-0.2, 0) is 6.54 Å². The Morgan fingerprint density at radius 2 is 2.00 bits per heavy atom. The van der Waals surface area contributed by atoms with Crippen LogP contribution in [0.1, 0.15) is 38.3 Å². The Labute approximate surface area is 110 Å². The average Bonchev–Trinajstić information content (AvgIpc) is 2.28. The molecule has 3 nitrogen and oxygen atoms in total. The molecule has 0 aliphatic heterocycles. The molecule has 0 radical (unpaired) electrons. The molecule has 0 saturated heterocycles. The number of hydrogen-bond donors (Lipinski definition) is 2. The fraction of sp³-hybridized carbons (Fsp3) is 0.600. The fourth-order valence-electron chi connectivity index (χ4n) is 1.64. The maximum Gasteiger partial charge on any atom is 0.123 e. The number of hydrogen-bond acceptors (Lipinski definition) is 3. The molecule has 1 aromatic carbocycles. The van der Waals surface area contributed by atoms with Crippen LogP contribution in [0.4, 0.5) is 0 Å². The Hall–Kier alpha value is -1.06. The monoisotopic (exact) mass is 251 g/mol. The molecular weight excluding hydrogens is 226 g/mol. The number of nitrogens with one attached hydrogen (secondary N) is 1. The van der Waals surface area contributed by atoms with E-state index in [-0.39, 0.29) is 6.10 Å². The number of aliphatic hydroxyl groups is 1. The van der Waals surface area contributed by atoms with Crippen molar-refractivity contribution in [3.8, 4) is 5.75 Å². The van der Waals surface area contributed by atoms with E-state index in [1.807, 2.05) is 6.07 Å². The molecule has 0 spiro atoms. The zero-order valence-corrected chi connectivity index (χ0v) is 11.9. The zero-order valence-electron chi connectivity index (χ0n) is 11.9. The van der Waals surface area contributed by atoms with E-state index in [4.69, 9.17) is 4.74 Å². The normalized spacial score (nSPS) is 12.8. The van der Waals surface area contributed by atoms with E-state index in [0.29, 0.717) is 19.1 Å². The minimum absolute atomic E-state index is 0.312. The van der Waals surface area contributed by atoms with Gasteiger partial charge in [0.1, 0.15) is 5.75 Å². The summed E-state index contributed by atoms with van der Waals surface area (Å²) in [5.41, 5.74) is 2.41. The van der Waals surface area contributed by atoms with Gasteiger partial charge < -0.3 is 15.2 Å². The van der Waals surface area contributed by atoms with Gasteiger partial charge in [-0.2, -0.15) is 0 Å². The van der Waals surface area contributed by atoms with E-state index in [1.54, 1.807) is 6.92 Å². The van der Waals surface area contributed by atoms with Crippen molar-refractivity contribution in [2.75, 3.05) is 6.61 Å². The van der Waals surface area contributed by atoms with Gasteiger partial charge >= 0.3 is 0 Å². The smallest absolute Gasteiger partial charge is 0.123 e. The minimum Gasteiger partial charge on any atom is -0.493 e. The Bertz CT molecular complexity index is 362. The predicted octanol–water partition coefficient (Wildman–Crippen LogP) is 2.64. The standard InChI is InChI=1S/C15H25NO2/c1-11(2)16-10-14-9-12(3)5-6-15(14)18-8-7-13(4)17/h5-6,9,11,13,16-17H,7-8,10H2,1-4H3. The molecule has 0 amide bonds. The molecule has 0 fully saturated rings. The van der Waals surface area contributed by atoms with Crippen LogP contribution in [0.2, 0.25) is 0 Å². The van der Waals surface area contributed by atoms with Gasteiger partial charge in [0.25, 0.3) is 0 Å². The number of benzene rings is 1. The molecule has 0 heterocycles. The highest BCUT2D eigenvalue weighted by Crippen LogP contribution is 2.20. The summed E-state index contributed by atoms with van der Waals surface area (Å²) in [6, 6.07) is 6.66. The van der Waals surface area contributed by atoms with Crippen LogP contribution >= 0.6 is 0 Å². The van der Waals surface area contributed by atoms with Gasteiger partial charge in [-0.1, -0.05) is 31.5 Å². The van der Waals surface area contributed by atoms with Gasteiger partial charge in [0.05, 0.1) is 12.7 Å². The first-order valence-corrected chi connectivity index (χ1v) is 6.63. The molecule has 0 bridgehead atoms. The third kappa shape index (κ3) is 5.52. The second-order valence-electron chi connectivity index (χ2n) is 5.13. The van der Waals surface area contributed by atoms with Crippen LogP contribution in [0.15, 0.2) is 18.2 Å². The number of aliphatic hydroxyl groups excluding tert-OH is 1. The van der Waals surface area contributed by atoms with E-state index < -0.39 is 0 Å². The molecule has 102 valence electrons. The summed E-state index contributed by atoms with van der Waals surface area (Å²) in [6.07, 6.45) is 0.345. The Morgan fingerprint density at radius 1 is 1.28 bits per heavy atom. The molecule has 0 aliphatic rings. The maximum absolute atomic E-state index is 9.23. The van der Waals surface area contributed by atoms with Crippen molar-refractivity contribution in [3.63, 3.8) is 0 Å². The van der Waals surface area contributed by atoms with E-state index in [9.17, 15) is 5.11 Å². The second-order valence-corrected chi connectivity index (χ2v) is 5.13. The highest BCUT2D eigenvalue weighted by Gasteiger charge is 2.05. The van der Waals surface area contributed by atoms with Crippen LogP contribution in [0, 0.1) is 6.92 Å². The summed E-state index contributed by atoms with van der Waals surface area (Å²) in [5.74, 6) is 0.911. The molecule has 18 heavy (non-hydrogen) atoms. The van der Waals surface area contributed by atoms with Crippen LogP contribution in [0.3, 0.4) is 0 Å². The van der Waals surface area contributed by atoms with Gasteiger partial charge in [0.2, 0.25) is 0 Å². The molecule has 1 aromatic rings. The molecule has 0 aromatic heterocycles. The quantitative estimate of drug-likeness (QED) is 0.783. The summed E-state index contributed by atoms with van der Waals surface area (Å²) >= 11 is 0. The largest absolute Gasteiger partial charge is 0.493 e. The zero-order chi connectivity index (χ0) is 13.5. The van der Waals surface area contributed by atoms with Gasteiger partial charge in [-0.25, -0.2) is 0 Å². The third-order valence-corrected chi connectivity index (χ3v) is 2.71.